The highest BCUT2D eigenvalue weighted by Crippen LogP contribution is 2.21. The molecule has 17 heavy (non-hydrogen) atoms. The summed E-state index contributed by atoms with van der Waals surface area (Å²) in [5, 5.41) is 17.9. The molecule has 1 aromatic carbocycles. The number of hydrogen-bond acceptors (Lipinski definition) is 5. The lowest BCUT2D eigenvalue weighted by atomic mass is 10.3. The summed E-state index contributed by atoms with van der Waals surface area (Å²) in [6.45, 7) is 1.62. The smallest absolute Gasteiger partial charge is 0.269 e. The third kappa shape index (κ3) is 3.70. The van der Waals surface area contributed by atoms with E-state index in [1.165, 1.54) is 24.3 Å². The topological polar surface area (TPSA) is 102 Å². The van der Waals surface area contributed by atoms with Crippen LogP contribution in [0.2, 0.25) is 0 Å². The van der Waals surface area contributed by atoms with Crippen LogP contribution in [0, 0.1) is 15.5 Å². The van der Waals surface area contributed by atoms with E-state index in [0.717, 1.165) is 0 Å². The summed E-state index contributed by atoms with van der Waals surface area (Å²) < 4.78 is 5.54. The van der Waals surface area contributed by atoms with Gasteiger partial charge < -0.3 is 10.5 Å². The van der Waals surface area contributed by atoms with Crippen LogP contribution in [0.15, 0.2) is 35.7 Å². The second-order valence-corrected chi connectivity index (χ2v) is 4.26. The first-order chi connectivity index (χ1) is 7.91. The van der Waals surface area contributed by atoms with Gasteiger partial charge in [-0.1, -0.05) is 0 Å². The Kier molecular flexibility index (Phi) is 4.44. The zero-order chi connectivity index (χ0) is 13.0. The first-order valence-electron chi connectivity index (χ1n) is 4.55. The molecule has 3 N–H and O–H groups in total. The van der Waals surface area contributed by atoms with Crippen LogP contribution in [-0.4, -0.2) is 8.64 Å². The number of allylic oxidation sites excluding steroid dienone is 2. The van der Waals surface area contributed by atoms with Crippen molar-refractivity contribution in [3.63, 3.8) is 0 Å². The van der Waals surface area contributed by atoms with Gasteiger partial charge >= 0.3 is 0 Å². The Labute approximate surface area is 111 Å². The van der Waals surface area contributed by atoms with Gasteiger partial charge in [-0.05, 0) is 41.6 Å². The third-order valence-electron chi connectivity index (χ3n) is 1.82. The molecule has 0 aliphatic carbocycles. The molecule has 0 amide bonds. The van der Waals surface area contributed by atoms with Gasteiger partial charge in [0.25, 0.3) is 5.69 Å². The number of nitrogens with two attached hydrogens (primary N) is 1. The number of rotatable bonds is 4. The summed E-state index contributed by atoms with van der Waals surface area (Å²) in [6.07, 6.45) is 0. The number of halogens is 1. The number of nitro groups is 1. The number of nitro benzene ring substituents is 1. The molecule has 0 heterocycles. The fraction of sp³-hybridized carbons (Fsp3) is 0.100. The zero-order valence-corrected chi connectivity index (χ0v) is 11.1. The van der Waals surface area contributed by atoms with Crippen LogP contribution < -0.4 is 10.5 Å². The van der Waals surface area contributed by atoms with E-state index in [4.69, 9.17) is 15.9 Å². The molecule has 0 spiro atoms. The number of nitrogens with one attached hydrogen (secondary N) is 1. The normalized spacial score (nSPS) is 11.6. The Balaban J connectivity index is 2.93. The molecule has 0 unspecified atom stereocenters. The molecule has 90 valence electrons. The molecular weight excluding hydrogens is 337 g/mol. The van der Waals surface area contributed by atoms with Crippen LogP contribution in [0.25, 0.3) is 0 Å². The minimum absolute atomic E-state index is 0.0168. The second-order valence-electron chi connectivity index (χ2n) is 3.18. The maximum Gasteiger partial charge on any atom is 0.269 e. The van der Waals surface area contributed by atoms with Crippen molar-refractivity contribution < 1.29 is 9.66 Å². The Morgan fingerprint density at radius 1 is 1.47 bits per heavy atom. The highest BCUT2D eigenvalue weighted by molar-refractivity contribution is 14.1. The summed E-state index contributed by atoms with van der Waals surface area (Å²) in [5.41, 5.74) is 5.93. The highest BCUT2D eigenvalue weighted by atomic mass is 127. The molecule has 0 bridgehead atoms. The molecule has 0 aliphatic heterocycles. The first-order valence-corrected chi connectivity index (χ1v) is 5.62. The van der Waals surface area contributed by atoms with Crippen LogP contribution >= 0.6 is 22.6 Å². The number of hydrogen-bond donors (Lipinski definition) is 2. The fourth-order valence-electron chi connectivity index (χ4n) is 1.05. The molecule has 0 aromatic heterocycles. The van der Waals surface area contributed by atoms with Crippen molar-refractivity contribution in [3.8, 4) is 5.75 Å². The molecular formula is C10H10IN3O3. The summed E-state index contributed by atoms with van der Waals surface area (Å²) >= 11 is 1.78. The SMILES string of the molecule is C/C(N)=C(\Oc1ccc([N+](=O)[O-])cc1)C(=N)I. The number of benzene rings is 1. The summed E-state index contributed by atoms with van der Waals surface area (Å²) in [6, 6.07) is 5.58. The van der Waals surface area contributed by atoms with E-state index < -0.39 is 4.92 Å². The number of non-ortho nitro benzene ring substituents is 1. The van der Waals surface area contributed by atoms with Gasteiger partial charge in [-0.25, -0.2) is 0 Å². The van der Waals surface area contributed by atoms with E-state index in [1.807, 2.05) is 0 Å². The van der Waals surface area contributed by atoms with Gasteiger partial charge in [0.1, 0.15) is 9.47 Å². The van der Waals surface area contributed by atoms with Crippen LogP contribution in [0.1, 0.15) is 6.92 Å². The van der Waals surface area contributed by atoms with E-state index in [0.29, 0.717) is 11.4 Å². The summed E-state index contributed by atoms with van der Waals surface area (Å²) in [7, 11) is 0. The van der Waals surface area contributed by atoms with E-state index in [9.17, 15) is 10.1 Å². The Bertz CT molecular complexity index is 478. The van der Waals surface area contributed by atoms with Gasteiger partial charge in [-0.3, -0.25) is 15.5 Å². The van der Waals surface area contributed by atoms with Gasteiger partial charge in [0.2, 0.25) is 0 Å². The lowest BCUT2D eigenvalue weighted by Gasteiger charge is -2.09. The van der Waals surface area contributed by atoms with Crippen molar-refractivity contribution in [1.82, 2.24) is 0 Å². The minimum Gasteiger partial charge on any atom is -0.453 e. The standard InChI is InChI=1S/C10H10IN3O3/c1-6(12)9(10(11)13)17-8-4-2-7(3-5-8)14(15)16/h2-5,13H,12H2,1H3/b9-6+,13-10?. The molecule has 7 heteroatoms. The number of nitrogens with zero attached hydrogens (tertiary/aromatic N) is 1. The van der Waals surface area contributed by atoms with Gasteiger partial charge in [0, 0.05) is 12.1 Å². The van der Waals surface area contributed by atoms with Crippen LogP contribution in [0.3, 0.4) is 0 Å². The van der Waals surface area contributed by atoms with Crippen molar-refractivity contribution in [3.05, 3.63) is 45.8 Å². The monoisotopic (exact) mass is 347 g/mol. The quantitative estimate of drug-likeness (QED) is 0.287. The number of ether oxygens (including phenoxy) is 1. The van der Waals surface area contributed by atoms with Crippen molar-refractivity contribution >= 4 is 32.0 Å². The molecule has 1 rings (SSSR count). The van der Waals surface area contributed by atoms with Crippen molar-refractivity contribution in [2.45, 2.75) is 6.92 Å². The van der Waals surface area contributed by atoms with E-state index in [-0.39, 0.29) is 15.2 Å². The molecule has 0 fully saturated rings. The van der Waals surface area contributed by atoms with Gasteiger partial charge in [0.05, 0.1) is 10.6 Å². The van der Waals surface area contributed by atoms with Gasteiger partial charge in [-0.15, -0.1) is 0 Å². The van der Waals surface area contributed by atoms with Crippen LogP contribution in [-0.2, 0) is 0 Å². The Hall–Kier alpha value is -1.64. The van der Waals surface area contributed by atoms with Crippen molar-refractivity contribution in [2.75, 3.05) is 0 Å². The molecule has 1 aromatic rings. The summed E-state index contributed by atoms with van der Waals surface area (Å²) in [4.78, 5) is 9.96. The average Bonchev–Trinajstić information content (AvgIpc) is 2.25. The first kappa shape index (κ1) is 13.4. The maximum absolute atomic E-state index is 10.5. The van der Waals surface area contributed by atoms with Crippen molar-refractivity contribution in [1.29, 1.82) is 5.41 Å². The predicted molar refractivity (Wildman–Crippen MR) is 72.4 cm³/mol. The maximum atomic E-state index is 10.5. The second kappa shape index (κ2) is 5.62. The molecule has 0 saturated carbocycles. The molecule has 0 atom stereocenters. The molecule has 0 aliphatic rings. The predicted octanol–water partition coefficient (Wildman–Crippen LogP) is 2.58. The zero-order valence-electron chi connectivity index (χ0n) is 8.94. The van der Waals surface area contributed by atoms with E-state index in [1.54, 1.807) is 29.5 Å². The minimum atomic E-state index is -0.491. The van der Waals surface area contributed by atoms with Crippen molar-refractivity contribution in [2.24, 2.45) is 5.73 Å². The largest absolute Gasteiger partial charge is 0.453 e. The third-order valence-corrected chi connectivity index (χ3v) is 2.31. The molecule has 0 radical (unpaired) electrons. The molecule has 6 nitrogen and oxygen atoms in total. The Morgan fingerprint density at radius 3 is 2.35 bits per heavy atom. The lowest BCUT2D eigenvalue weighted by Crippen LogP contribution is -2.09. The van der Waals surface area contributed by atoms with Crippen LogP contribution in [0.4, 0.5) is 5.69 Å². The fourth-order valence-corrected chi connectivity index (χ4v) is 1.59. The average molecular weight is 347 g/mol. The van der Waals surface area contributed by atoms with Gasteiger partial charge in [0.15, 0.2) is 5.76 Å². The highest BCUT2D eigenvalue weighted by Gasteiger charge is 2.09. The van der Waals surface area contributed by atoms with E-state index in [2.05, 4.69) is 0 Å². The molecule has 0 saturated heterocycles. The lowest BCUT2D eigenvalue weighted by molar-refractivity contribution is -0.384. The van der Waals surface area contributed by atoms with Crippen LogP contribution in [0.5, 0.6) is 5.75 Å². The van der Waals surface area contributed by atoms with Gasteiger partial charge in [-0.2, -0.15) is 0 Å². The summed E-state index contributed by atoms with van der Waals surface area (Å²) in [5.74, 6) is 0.649. The van der Waals surface area contributed by atoms with E-state index >= 15 is 0 Å². The Morgan fingerprint density at radius 2 is 2.00 bits per heavy atom.